The summed E-state index contributed by atoms with van der Waals surface area (Å²) in [5.74, 6) is 0.855. The summed E-state index contributed by atoms with van der Waals surface area (Å²) in [5, 5.41) is 25.4. The molecule has 7 nitrogen and oxygen atoms in total. The predicted octanol–water partition coefficient (Wildman–Crippen LogP) is 3.10. The van der Waals surface area contributed by atoms with Crippen LogP contribution in [0.15, 0.2) is 28.3 Å². The summed E-state index contributed by atoms with van der Waals surface area (Å²) < 4.78 is 22.1. The first-order valence-electron chi connectivity index (χ1n) is 10.2. The first kappa shape index (κ1) is 22.0. The van der Waals surface area contributed by atoms with Crippen LogP contribution in [0.1, 0.15) is 36.1 Å². The van der Waals surface area contributed by atoms with E-state index in [-0.39, 0.29) is 6.42 Å². The van der Waals surface area contributed by atoms with Gasteiger partial charge in [0.15, 0.2) is 0 Å². The van der Waals surface area contributed by atoms with Crippen molar-refractivity contribution in [2.75, 3.05) is 6.54 Å². The molecular formula is C22H26ClFN4O3. The molecule has 0 spiro atoms. The number of aliphatic imine (C=N–C) groups is 2. The van der Waals surface area contributed by atoms with Crippen molar-refractivity contribution in [2.45, 2.75) is 57.6 Å². The van der Waals surface area contributed by atoms with Crippen LogP contribution in [-0.4, -0.2) is 52.2 Å². The lowest BCUT2D eigenvalue weighted by Gasteiger charge is -2.24. The minimum Gasteiger partial charge on any atom is -0.487 e. The van der Waals surface area contributed by atoms with Crippen LogP contribution in [-0.2, 0) is 13.0 Å². The average molecular weight is 449 g/mol. The fourth-order valence-corrected chi connectivity index (χ4v) is 4.55. The lowest BCUT2D eigenvalue weighted by molar-refractivity contribution is -0.0168. The number of halogens is 2. The molecule has 4 atom stereocenters. The molecule has 1 fully saturated rings. The number of rotatable bonds is 4. The highest BCUT2D eigenvalue weighted by molar-refractivity contribution is 6.30. The van der Waals surface area contributed by atoms with E-state index >= 15 is 0 Å². The zero-order chi connectivity index (χ0) is 22.3. The fraction of sp³-hybridized carbons (Fsp3) is 0.455. The molecule has 0 amide bonds. The van der Waals surface area contributed by atoms with Crippen molar-refractivity contribution in [1.82, 2.24) is 9.88 Å². The first-order valence-corrected chi connectivity index (χ1v) is 10.6. The van der Waals surface area contributed by atoms with Crippen LogP contribution < -0.4 is 10.1 Å². The van der Waals surface area contributed by atoms with Crippen LogP contribution in [0.5, 0.6) is 5.75 Å². The van der Waals surface area contributed by atoms with Crippen molar-refractivity contribution in [1.29, 1.82) is 0 Å². The monoisotopic (exact) mass is 448 g/mol. The maximum absolute atomic E-state index is 14.4. The summed E-state index contributed by atoms with van der Waals surface area (Å²) >= 11 is 6.27. The van der Waals surface area contributed by atoms with Gasteiger partial charge in [-0.3, -0.25) is 0 Å². The summed E-state index contributed by atoms with van der Waals surface area (Å²) in [7, 11) is 0. The first-order chi connectivity index (χ1) is 14.8. The summed E-state index contributed by atoms with van der Waals surface area (Å²) in [5.41, 5.74) is 2.45. The molecule has 2 heterocycles. The van der Waals surface area contributed by atoms with Crippen LogP contribution >= 0.6 is 11.6 Å². The summed E-state index contributed by atoms with van der Waals surface area (Å²) in [6.07, 6.45) is -0.602. The van der Waals surface area contributed by atoms with Crippen LogP contribution in [0.25, 0.3) is 0 Å². The summed E-state index contributed by atoms with van der Waals surface area (Å²) in [4.78, 5) is 8.10. The molecule has 1 aliphatic heterocycles. The molecule has 0 radical (unpaired) electrons. The molecule has 0 bridgehead atoms. The second-order valence-electron chi connectivity index (χ2n) is 8.06. The van der Waals surface area contributed by atoms with E-state index in [0.29, 0.717) is 34.5 Å². The third-order valence-electron chi connectivity index (χ3n) is 6.06. The van der Waals surface area contributed by atoms with E-state index in [1.165, 1.54) is 6.20 Å². The van der Waals surface area contributed by atoms with E-state index in [1.54, 1.807) is 24.5 Å². The van der Waals surface area contributed by atoms with E-state index in [4.69, 9.17) is 16.3 Å². The number of hydrogen-bond acceptors (Lipinski definition) is 5. The lowest BCUT2D eigenvalue weighted by atomic mass is 10.00. The lowest BCUT2D eigenvalue weighted by Crippen LogP contribution is -2.34. The SMILES string of the molecule is C=NC(C)=Nc1c(C)c(F)cn1[C@@H]1C[C@H](Oc2cc(Cl)cc3c2CNCC3)[C@@H](O)[C@H]1O. The molecule has 1 aromatic carbocycles. The van der Waals surface area contributed by atoms with E-state index in [1.807, 2.05) is 6.07 Å². The second kappa shape index (κ2) is 8.70. The second-order valence-corrected chi connectivity index (χ2v) is 8.50. The Balaban J connectivity index is 1.64. The van der Waals surface area contributed by atoms with Gasteiger partial charge in [0.1, 0.15) is 41.5 Å². The van der Waals surface area contributed by atoms with Gasteiger partial charge >= 0.3 is 0 Å². The molecule has 0 saturated heterocycles. The predicted molar refractivity (Wildman–Crippen MR) is 118 cm³/mol. The van der Waals surface area contributed by atoms with Crippen LogP contribution in [0.2, 0.25) is 5.02 Å². The van der Waals surface area contributed by atoms with Crippen molar-refractivity contribution in [3.05, 3.63) is 45.9 Å². The highest BCUT2D eigenvalue weighted by Gasteiger charge is 2.45. The number of nitrogens with zero attached hydrogens (tertiary/aromatic N) is 3. The number of amidine groups is 1. The van der Waals surface area contributed by atoms with Crippen molar-refractivity contribution >= 4 is 30.0 Å². The Morgan fingerprint density at radius 1 is 1.35 bits per heavy atom. The number of benzene rings is 1. The molecule has 1 aliphatic carbocycles. The molecule has 0 unspecified atom stereocenters. The van der Waals surface area contributed by atoms with Crippen LogP contribution in [0.4, 0.5) is 10.2 Å². The average Bonchev–Trinajstić information content (AvgIpc) is 3.18. The van der Waals surface area contributed by atoms with Crippen molar-refractivity contribution in [2.24, 2.45) is 9.98 Å². The molecular weight excluding hydrogens is 423 g/mol. The fourth-order valence-electron chi connectivity index (χ4n) is 4.32. The maximum Gasteiger partial charge on any atom is 0.146 e. The van der Waals surface area contributed by atoms with Crippen molar-refractivity contribution in [3.8, 4) is 5.75 Å². The van der Waals surface area contributed by atoms with E-state index in [9.17, 15) is 14.6 Å². The van der Waals surface area contributed by atoms with Gasteiger partial charge in [-0.25, -0.2) is 14.4 Å². The quantitative estimate of drug-likeness (QED) is 0.495. The minimum atomic E-state index is -1.16. The van der Waals surface area contributed by atoms with Gasteiger partial charge in [0.25, 0.3) is 0 Å². The number of fused-ring (bicyclic) bond motifs is 1. The van der Waals surface area contributed by atoms with Crippen molar-refractivity contribution in [3.63, 3.8) is 0 Å². The Labute approximate surface area is 185 Å². The van der Waals surface area contributed by atoms with Gasteiger partial charge in [-0.2, -0.15) is 0 Å². The van der Waals surface area contributed by atoms with E-state index in [0.717, 1.165) is 24.1 Å². The zero-order valence-electron chi connectivity index (χ0n) is 17.5. The molecule has 31 heavy (non-hydrogen) atoms. The zero-order valence-corrected chi connectivity index (χ0v) is 18.2. The molecule has 4 rings (SSSR count). The van der Waals surface area contributed by atoms with Gasteiger partial charge in [0, 0.05) is 35.3 Å². The van der Waals surface area contributed by atoms with Gasteiger partial charge in [-0.05, 0) is 51.2 Å². The van der Waals surface area contributed by atoms with E-state index < -0.39 is 30.2 Å². The van der Waals surface area contributed by atoms with Gasteiger partial charge in [0.05, 0.1) is 6.04 Å². The topological polar surface area (TPSA) is 91.4 Å². The minimum absolute atomic E-state index is 0.272. The number of aliphatic hydroxyl groups is 2. The Kier molecular flexibility index (Phi) is 6.16. The maximum atomic E-state index is 14.4. The number of aliphatic hydroxyl groups excluding tert-OH is 2. The Bertz CT molecular complexity index is 1040. The highest BCUT2D eigenvalue weighted by Crippen LogP contribution is 2.40. The van der Waals surface area contributed by atoms with Gasteiger partial charge < -0.3 is 24.8 Å². The number of ether oxygens (including phenoxy) is 1. The van der Waals surface area contributed by atoms with E-state index in [2.05, 4.69) is 22.0 Å². The van der Waals surface area contributed by atoms with Gasteiger partial charge in [-0.1, -0.05) is 11.6 Å². The number of nitrogens with one attached hydrogen (secondary N) is 1. The van der Waals surface area contributed by atoms with Gasteiger partial charge in [-0.15, -0.1) is 0 Å². The smallest absolute Gasteiger partial charge is 0.146 e. The molecule has 9 heteroatoms. The summed E-state index contributed by atoms with van der Waals surface area (Å²) in [6.45, 7) is 8.21. The van der Waals surface area contributed by atoms with Crippen molar-refractivity contribution < 1.29 is 19.3 Å². The molecule has 166 valence electrons. The molecule has 2 aliphatic rings. The normalized spacial score (nSPS) is 26.1. The Morgan fingerprint density at radius 2 is 2.13 bits per heavy atom. The third kappa shape index (κ3) is 4.13. The molecule has 3 N–H and O–H groups in total. The molecule has 1 aromatic heterocycles. The Hall–Kier alpha value is -2.26. The molecule has 1 saturated carbocycles. The Morgan fingerprint density at radius 3 is 2.87 bits per heavy atom. The van der Waals surface area contributed by atoms with Crippen LogP contribution in [0.3, 0.4) is 0 Å². The van der Waals surface area contributed by atoms with Crippen LogP contribution in [0, 0.1) is 12.7 Å². The third-order valence-corrected chi connectivity index (χ3v) is 6.28. The molecule has 2 aromatic rings. The standard InChI is InChI=1S/C22H26ClFN4O3/c1-11-16(24)10-28(22(11)27-12(2)25-3)17-8-19(21(30)20(17)29)31-18-7-14(23)6-13-4-5-26-9-15(13)18/h6-7,10,17,19-21,26,29-30H,3-5,8-9H2,1-2H3/t17-,19+,20+,21-/m1/s1. The number of hydrogen-bond donors (Lipinski definition) is 3. The summed E-state index contributed by atoms with van der Waals surface area (Å²) in [6, 6.07) is 3.04. The largest absolute Gasteiger partial charge is 0.487 e. The highest BCUT2D eigenvalue weighted by atomic mass is 35.5. The number of aromatic nitrogens is 1. The van der Waals surface area contributed by atoms with Gasteiger partial charge in [0.2, 0.25) is 0 Å².